The molecule has 0 spiro atoms. The monoisotopic (exact) mass is 293 g/mol. The van der Waals surface area contributed by atoms with E-state index in [1.54, 1.807) is 12.3 Å². The minimum absolute atomic E-state index is 0.0208. The predicted molar refractivity (Wildman–Crippen MR) is 86.0 cm³/mol. The zero-order chi connectivity index (χ0) is 15.5. The molecule has 0 bridgehead atoms. The Labute approximate surface area is 127 Å². The van der Waals surface area contributed by atoms with E-state index in [1.807, 2.05) is 0 Å². The fourth-order valence-electron chi connectivity index (χ4n) is 2.35. The Hall–Kier alpha value is -1.16. The van der Waals surface area contributed by atoms with Crippen LogP contribution < -0.4 is 10.2 Å². The van der Waals surface area contributed by atoms with Crippen molar-refractivity contribution in [1.82, 2.24) is 10.3 Å². The summed E-state index contributed by atoms with van der Waals surface area (Å²) in [6, 6.07) is 1.78. The third kappa shape index (κ3) is 4.95. The van der Waals surface area contributed by atoms with Gasteiger partial charge in [-0.3, -0.25) is 0 Å². The molecule has 1 aromatic rings. The number of aromatic nitrogens is 1. The number of hydrogen-bond donors (Lipinski definition) is 1. The largest absolute Gasteiger partial charge is 0.354 e. The van der Waals surface area contributed by atoms with Crippen LogP contribution in [-0.4, -0.2) is 23.6 Å². The summed E-state index contributed by atoms with van der Waals surface area (Å²) >= 11 is 0. The van der Waals surface area contributed by atoms with E-state index in [9.17, 15) is 4.39 Å². The lowest BCUT2D eigenvalue weighted by molar-refractivity contribution is 0.418. The standard InChI is InChI=1S/C17H28FN3/c1-5-10-21(12-13-6-7-13)16-15(18)14(8-9-19-16)11-20-17(2,3)4/h8-9,13,20H,5-7,10-12H2,1-4H3. The van der Waals surface area contributed by atoms with Crippen LogP contribution in [0.4, 0.5) is 10.2 Å². The molecular weight excluding hydrogens is 265 g/mol. The van der Waals surface area contributed by atoms with Crippen LogP contribution in [-0.2, 0) is 6.54 Å². The molecule has 0 aliphatic heterocycles. The Morgan fingerprint density at radius 1 is 1.38 bits per heavy atom. The molecule has 0 aromatic carbocycles. The number of halogens is 1. The first-order chi connectivity index (χ1) is 9.90. The molecule has 1 aromatic heterocycles. The molecule has 0 unspecified atom stereocenters. The second kappa shape index (κ2) is 6.73. The van der Waals surface area contributed by atoms with Crippen LogP contribution in [0.25, 0.3) is 0 Å². The van der Waals surface area contributed by atoms with Gasteiger partial charge in [0.15, 0.2) is 11.6 Å². The van der Waals surface area contributed by atoms with Crippen molar-refractivity contribution >= 4 is 5.82 Å². The molecule has 3 nitrogen and oxygen atoms in total. The Balaban J connectivity index is 2.13. The van der Waals surface area contributed by atoms with Crippen LogP contribution >= 0.6 is 0 Å². The summed E-state index contributed by atoms with van der Waals surface area (Å²) in [6.45, 7) is 10.7. The van der Waals surface area contributed by atoms with Gasteiger partial charge in [-0.05, 0) is 52.0 Å². The van der Waals surface area contributed by atoms with E-state index in [2.05, 4.69) is 42.9 Å². The summed E-state index contributed by atoms with van der Waals surface area (Å²) in [7, 11) is 0. The van der Waals surface area contributed by atoms with E-state index in [-0.39, 0.29) is 11.4 Å². The maximum Gasteiger partial charge on any atom is 0.170 e. The van der Waals surface area contributed by atoms with Crippen molar-refractivity contribution in [2.45, 2.75) is 59.0 Å². The predicted octanol–water partition coefficient (Wildman–Crippen LogP) is 3.74. The normalized spacial score (nSPS) is 15.3. The van der Waals surface area contributed by atoms with E-state index in [1.165, 1.54) is 12.8 Å². The van der Waals surface area contributed by atoms with Gasteiger partial charge < -0.3 is 10.2 Å². The number of nitrogens with one attached hydrogen (secondary N) is 1. The zero-order valence-electron chi connectivity index (χ0n) is 13.7. The summed E-state index contributed by atoms with van der Waals surface area (Å²) in [5, 5.41) is 3.34. The fraction of sp³-hybridized carbons (Fsp3) is 0.706. The van der Waals surface area contributed by atoms with Crippen molar-refractivity contribution in [3.63, 3.8) is 0 Å². The lowest BCUT2D eigenvalue weighted by Gasteiger charge is -2.25. The first-order valence-corrected chi connectivity index (χ1v) is 8.04. The number of hydrogen-bond acceptors (Lipinski definition) is 3. The number of anilines is 1. The molecule has 1 saturated carbocycles. The highest BCUT2D eigenvalue weighted by Crippen LogP contribution is 2.32. The van der Waals surface area contributed by atoms with Crippen LogP contribution in [0.2, 0.25) is 0 Å². The van der Waals surface area contributed by atoms with E-state index >= 15 is 0 Å². The average Bonchev–Trinajstić information content (AvgIpc) is 3.20. The molecule has 21 heavy (non-hydrogen) atoms. The average molecular weight is 293 g/mol. The Morgan fingerprint density at radius 2 is 2.10 bits per heavy atom. The molecule has 4 heteroatoms. The van der Waals surface area contributed by atoms with E-state index < -0.39 is 0 Å². The topological polar surface area (TPSA) is 28.2 Å². The van der Waals surface area contributed by atoms with Gasteiger partial charge in [-0.15, -0.1) is 0 Å². The van der Waals surface area contributed by atoms with E-state index in [0.29, 0.717) is 17.9 Å². The zero-order valence-corrected chi connectivity index (χ0v) is 13.7. The van der Waals surface area contributed by atoms with Gasteiger partial charge in [-0.25, -0.2) is 9.37 Å². The van der Waals surface area contributed by atoms with Gasteiger partial charge in [-0.2, -0.15) is 0 Å². The minimum atomic E-state index is -0.164. The van der Waals surface area contributed by atoms with E-state index in [0.717, 1.165) is 25.4 Å². The highest BCUT2D eigenvalue weighted by atomic mass is 19.1. The van der Waals surface area contributed by atoms with Crippen molar-refractivity contribution < 1.29 is 4.39 Å². The number of pyridine rings is 1. The van der Waals surface area contributed by atoms with Crippen LogP contribution in [0.5, 0.6) is 0 Å². The van der Waals surface area contributed by atoms with Crippen LogP contribution in [0.3, 0.4) is 0 Å². The van der Waals surface area contributed by atoms with Crippen LogP contribution in [0.1, 0.15) is 52.5 Å². The molecule has 1 aliphatic rings. The second-order valence-corrected chi connectivity index (χ2v) is 7.10. The molecule has 0 atom stereocenters. The van der Waals surface area contributed by atoms with Gasteiger partial charge in [0, 0.05) is 36.9 Å². The smallest absolute Gasteiger partial charge is 0.170 e. The van der Waals surface area contributed by atoms with Gasteiger partial charge in [-0.1, -0.05) is 6.92 Å². The highest BCUT2D eigenvalue weighted by Gasteiger charge is 2.26. The summed E-state index contributed by atoms with van der Waals surface area (Å²) < 4.78 is 14.7. The van der Waals surface area contributed by atoms with Crippen molar-refractivity contribution in [2.24, 2.45) is 5.92 Å². The summed E-state index contributed by atoms with van der Waals surface area (Å²) in [4.78, 5) is 6.42. The highest BCUT2D eigenvalue weighted by molar-refractivity contribution is 5.43. The molecule has 0 amide bonds. The third-order valence-electron chi connectivity index (χ3n) is 3.73. The molecule has 0 saturated heterocycles. The summed E-state index contributed by atoms with van der Waals surface area (Å²) in [5.74, 6) is 1.09. The first-order valence-electron chi connectivity index (χ1n) is 8.04. The molecule has 1 fully saturated rings. The Morgan fingerprint density at radius 3 is 2.67 bits per heavy atom. The minimum Gasteiger partial charge on any atom is -0.354 e. The quantitative estimate of drug-likeness (QED) is 0.830. The lowest BCUT2D eigenvalue weighted by Crippen LogP contribution is -2.35. The molecule has 2 rings (SSSR count). The second-order valence-electron chi connectivity index (χ2n) is 7.10. The lowest BCUT2D eigenvalue weighted by atomic mass is 10.1. The van der Waals surface area contributed by atoms with Crippen molar-refractivity contribution in [3.05, 3.63) is 23.6 Å². The molecule has 1 heterocycles. The SMILES string of the molecule is CCCN(CC1CC1)c1nccc(CNC(C)(C)C)c1F. The molecule has 1 aliphatic carbocycles. The summed E-state index contributed by atoms with van der Waals surface area (Å²) in [5.41, 5.74) is 0.680. The van der Waals surface area contributed by atoms with Crippen molar-refractivity contribution in [3.8, 4) is 0 Å². The van der Waals surface area contributed by atoms with Gasteiger partial charge in [0.1, 0.15) is 0 Å². The Kier molecular flexibility index (Phi) is 5.20. The molecular formula is C17H28FN3. The van der Waals surface area contributed by atoms with Gasteiger partial charge in [0.05, 0.1) is 0 Å². The van der Waals surface area contributed by atoms with E-state index in [4.69, 9.17) is 0 Å². The van der Waals surface area contributed by atoms with Crippen LogP contribution in [0, 0.1) is 11.7 Å². The Bertz CT molecular complexity index is 464. The van der Waals surface area contributed by atoms with Gasteiger partial charge in [0.2, 0.25) is 0 Å². The maximum atomic E-state index is 14.7. The summed E-state index contributed by atoms with van der Waals surface area (Å²) in [6.07, 6.45) is 5.28. The molecule has 0 radical (unpaired) electrons. The number of rotatable bonds is 7. The molecule has 1 N–H and O–H groups in total. The van der Waals surface area contributed by atoms with Crippen molar-refractivity contribution in [2.75, 3.05) is 18.0 Å². The maximum absolute atomic E-state index is 14.7. The first kappa shape index (κ1) is 16.2. The van der Waals surface area contributed by atoms with Crippen molar-refractivity contribution in [1.29, 1.82) is 0 Å². The van der Waals surface area contributed by atoms with Gasteiger partial charge >= 0.3 is 0 Å². The number of nitrogens with zero attached hydrogens (tertiary/aromatic N) is 2. The third-order valence-corrected chi connectivity index (χ3v) is 3.73. The van der Waals surface area contributed by atoms with Crippen LogP contribution in [0.15, 0.2) is 12.3 Å². The molecule has 118 valence electrons. The van der Waals surface area contributed by atoms with Gasteiger partial charge in [0.25, 0.3) is 0 Å². The fourth-order valence-corrected chi connectivity index (χ4v) is 2.35.